The fourth-order valence-corrected chi connectivity index (χ4v) is 2.56. The molecule has 0 aliphatic heterocycles. The van der Waals surface area contributed by atoms with Crippen molar-refractivity contribution in [1.29, 1.82) is 5.26 Å². The van der Waals surface area contributed by atoms with Gasteiger partial charge in [-0.15, -0.1) is 0 Å². The second-order valence-corrected chi connectivity index (χ2v) is 5.49. The molecule has 0 aliphatic carbocycles. The molecule has 0 fully saturated rings. The number of halogens is 2. The summed E-state index contributed by atoms with van der Waals surface area (Å²) in [7, 11) is 0. The summed E-state index contributed by atoms with van der Waals surface area (Å²) >= 11 is 12.2. The van der Waals surface area contributed by atoms with Crippen LogP contribution >= 0.6 is 23.2 Å². The zero-order chi connectivity index (χ0) is 15.5. The molecule has 3 aromatic rings. The molecule has 3 rings (SSSR count). The van der Waals surface area contributed by atoms with Gasteiger partial charge in [-0.3, -0.25) is 4.98 Å². The van der Waals surface area contributed by atoms with Gasteiger partial charge in [0.15, 0.2) is 0 Å². The zero-order valence-electron chi connectivity index (χ0n) is 11.4. The van der Waals surface area contributed by atoms with Gasteiger partial charge >= 0.3 is 0 Å². The summed E-state index contributed by atoms with van der Waals surface area (Å²) < 4.78 is 1.80. The number of nitriles is 1. The van der Waals surface area contributed by atoms with E-state index in [-0.39, 0.29) is 0 Å². The van der Waals surface area contributed by atoms with E-state index in [0.29, 0.717) is 28.1 Å². The average molecular weight is 329 g/mol. The van der Waals surface area contributed by atoms with E-state index >= 15 is 0 Å². The number of hydrogen-bond donors (Lipinski definition) is 0. The SMILES string of the molecule is N#Cc1cnc(-c2cccnc2)n1Cc1cc(Cl)ccc1Cl. The first-order valence-electron chi connectivity index (χ1n) is 6.49. The van der Waals surface area contributed by atoms with Crippen molar-refractivity contribution < 1.29 is 0 Å². The van der Waals surface area contributed by atoms with Crippen LogP contribution in [0.15, 0.2) is 48.9 Å². The van der Waals surface area contributed by atoms with E-state index in [1.807, 2.05) is 12.1 Å². The topological polar surface area (TPSA) is 54.5 Å². The van der Waals surface area contributed by atoms with E-state index in [1.165, 1.54) is 0 Å². The van der Waals surface area contributed by atoms with Crippen LogP contribution in [-0.2, 0) is 6.54 Å². The van der Waals surface area contributed by atoms with Crippen molar-refractivity contribution in [2.75, 3.05) is 0 Å². The molecule has 108 valence electrons. The van der Waals surface area contributed by atoms with E-state index in [2.05, 4.69) is 16.0 Å². The van der Waals surface area contributed by atoms with Crippen LogP contribution in [0.3, 0.4) is 0 Å². The largest absolute Gasteiger partial charge is 0.311 e. The Morgan fingerprint density at radius 1 is 1.18 bits per heavy atom. The van der Waals surface area contributed by atoms with Gasteiger partial charge in [0.2, 0.25) is 0 Å². The molecule has 0 unspecified atom stereocenters. The standard InChI is InChI=1S/C16H10Cl2N4/c17-13-3-4-15(18)12(6-13)10-22-14(7-19)9-21-16(22)11-2-1-5-20-8-11/h1-6,8-9H,10H2. The minimum absolute atomic E-state index is 0.409. The lowest BCUT2D eigenvalue weighted by Crippen LogP contribution is -2.05. The van der Waals surface area contributed by atoms with Crippen LogP contribution in [0, 0.1) is 11.3 Å². The van der Waals surface area contributed by atoms with Gasteiger partial charge in [0.25, 0.3) is 0 Å². The Hall–Kier alpha value is -2.35. The molecule has 0 atom stereocenters. The van der Waals surface area contributed by atoms with Gasteiger partial charge in [0.05, 0.1) is 12.7 Å². The van der Waals surface area contributed by atoms with Crippen molar-refractivity contribution in [3.05, 3.63) is 70.2 Å². The molecule has 2 heterocycles. The predicted octanol–water partition coefficient (Wildman–Crippen LogP) is 4.17. The zero-order valence-corrected chi connectivity index (χ0v) is 12.9. The molecule has 0 amide bonds. The molecule has 6 heteroatoms. The summed E-state index contributed by atoms with van der Waals surface area (Å²) in [5, 5.41) is 10.5. The Morgan fingerprint density at radius 3 is 2.77 bits per heavy atom. The number of aromatic nitrogens is 3. The van der Waals surface area contributed by atoms with Gasteiger partial charge in [-0.2, -0.15) is 5.26 Å². The molecular weight excluding hydrogens is 319 g/mol. The minimum Gasteiger partial charge on any atom is -0.311 e. The van der Waals surface area contributed by atoms with Crippen LogP contribution in [0.25, 0.3) is 11.4 Å². The minimum atomic E-state index is 0.409. The normalized spacial score (nSPS) is 10.4. The van der Waals surface area contributed by atoms with Crippen LogP contribution in [-0.4, -0.2) is 14.5 Å². The highest BCUT2D eigenvalue weighted by Crippen LogP contribution is 2.25. The lowest BCUT2D eigenvalue weighted by Gasteiger charge is -2.11. The maximum absolute atomic E-state index is 9.30. The summed E-state index contributed by atoms with van der Waals surface area (Å²) in [5.41, 5.74) is 2.12. The molecule has 0 bridgehead atoms. The molecule has 0 N–H and O–H groups in total. The number of rotatable bonds is 3. The molecule has 0 saturated carbocycles. The summed E-state index contributed by atoms with van der Waals surface area (Å²) in [6.45, 7) is 0.409. The van der Waals surface area contributed by atoms with Crippen LogP contribution in [0.4, 0.5) is 0 Å². The third kappa shape index (κ3) is 2.82. The number of pyridine rings is 1. The maximum atomic E-state index is 9.30. The molecule has 4 nitrogen and oxygen atoms in total. The van der Waals surface area contributed by atoms with E-state index in [4.69, 9.17) is 23.2 Å². The first-order valence-corrected chi connectivity index (χ1v) is 7.24. The van der Waals surface area contributed by atoms with Crippen LogP contribution in [0.2, 0.25) is 10.0 Å². The molecule has 1 aromatic carbocycles. The summed E-state index contributed by atoms with van der Waals surface area (Å²) in [6.07, 6.45) is 4.94. The number of benzene rings is 1. The third-order valence-corrected chi connectivity index (χ3v) is 3.83. The Labute approximate surface area is 137 Å². The Bertz CT molecular complexity index is 850. The Kier molecular flexibility index (Phi) is 4.10. The van der Waals surface area contributed by atoms with E-state index in [9.17, 15) is 5.26 Å². The summed E-state index contributed by atoms with van der Waals surface area (Å²) in [4.78, 5) is 8.42. The van der Waals surface area contributed by atoms with E-state index in [1.54, 1.807) is 41.4 Å². The highest BCUT2D eigenvalue weighted by Gasteiger charge is 2.13. The van der Waals surface area contributed by atoms with Gasteiger partial charge in [0.1, 0.15) is 17.6 Å². The smallest absolute Gasteiger partial charge is 0.142 e. The summed E-state index contributed by atoms with van der Waals surface area (Å²) in [5.74, 6) is 0.667. The Balaban J connectivity index is 2.08. The molecular formula is C16H10Cl2N4. The fourth-order valence-electron chi connectivity index (χ4n) is 2.19. The molecule has 0 radical (unpaired) electrons. The van der Waals surface area contributed by atoms with Crippen molar-refractivity contribution >= 4 is 23.2 Å². The first-order chi connectivity index (χ1) is 10.7. The molecule has 0 saturated heterocycles. The molecule has 2 aromatic heterocycles. The van der Waals surface area contributed by atoms with Crippen molar-refractivity contribution in [1.82, 2.24) is 14.5 Å². The van der Waals surface area contributed by atoms with E-state index < -0.39 is 0 Å². The quantitative estimate of drug-likeness (QED) is 0.724. The highest BCUT2D eigenvalue weighted by atomic mass is 35.5. The molecule has 0 aliphatic rings. The molecule has 22 heavy (non-hydrogen) atoms. The van der Waals surface area contributed by atoms with Gasteiger partial charge in [-0.05, 0) is 35.9 Å². The monoisotopic (exact) mass is 328 g/mol. The van der Waals surface area contributed by atoms with Crippen molar-refractivity contribution in [2.24, 2.45) is 0 Å². The molecule has 0 spiro atoms. The van der Waals surface area contributed by atoms with Gasteiger partial charge in [-0.25, -0.2) is 4.98 Å². The van der Waals surface area contributed by atoms with Gasteiger partial charge in [-0.1, -0.05) is 23.2 Å². The highest BCUT2D eigenvalue weighted by molar-refractivity contribution is 6.33. The lowest BCUT2D eigenvalue weighted by molar-refractivity contribution is 0.795. The third-order valence-electron chi connectivity index (χ3n) is 3.23. The van der Waals surface area contributed by atoms with Gasteiger partial charge < -0.3 is 4.57 Å². The predicted molar refractivity (Wildman–Crippen MR) is 85.7 cm³/mol. The second-order valence-electron chi connectivity index (χ2n) is 4.64. The van der Waals surface area contributed by atoms with Crippen LogP contribution < -0.4 is 0 Å². The Morgan fingerprint density at radius 2 is 2.05 bits per heavy atom. The van der Waals surface area contributed by atoms with Gasteiger partial charge in [0, 0.05) is 28.0 Å². The van der Waals surface area contributed by atoms with Crippen molar-refractivity contribution in [2.45, 2.75) is 6.54 Å². The van der Waals surface area contributed by atoms with Crippen molar-refractivity contribution in [3.8, 4) is 17.5 Å². The number of imidazole rings is 1. The van der Waals surface area contributed by atoms with Crippen LogP contribution in [0.5, 0.6) is 0 Å². The summed E-state index contributed by atoms with van der Waals surface area (Å²) in [6, 6.07) is 11.1. The first kappa shape index (κ1) is 14.6. The maximum Gasteiger partial charge on any atom is 0.142 e. The second kappa shape index (κ2) is 6.18. The average Bonchev–Trinajstić information content (AvgIpc) is 2.94. The number of hydrogen-bond acceptors (Lipinski definition) is 3. The number of nitrogens with zero attached hydrogens (tertiary/aromatic N) is 4. The van der Waals surface area contributed by atoms with Crippen molar-refractivity contribution in [3.63, 3.8) is 0 Å². The fraction of sp³-hybridized carbons (Fsp3) is 0.0625. The van der Waals surface area contributed by atoms with Crippen LogP contribution in [0.1, 0.15) is 11.3 Å². The lowest BCUT2D eigenvalue weighted by atomic mass is 10.2. The van der Waals surface area contributed by atoms with E-state index in [0.717, 1.165) is 11.1 Å².